The second-order valence-electron chi connectivity index (χ2n) is 9.70. The van der Waals surface area contributed by atoms with E-state index in [9.17, 15) is 18.4 Å². The zero-order valence-corrected chi connectivity index (χ0v) is 18.6. The summed E-state index contributed by atoms with van der Waals surface area (Å²) >= 11 is 0. The Morgan fingerprint density at radius 1 is 1.25 bits per heavy atom. The van der Waals surface area contributed by atoms with E-state index in [0.29, 0.717) is 37.1 Å². The number of carbonyl (C=O) groups excluding carboxylic acids is 2. The van der Waals surface area contributed by atoms with Crippen LogP contribution in [0.1, 0.15) is 47.8 Å². The Labute approximate surface area is 185 Å². The fourth-order valence-corrected chi connectivity index (χ4v) is 5.15. The molecule has 0 bridgehead atoms. The maximum Gasteiger partial charge on any atom is 0.254 e. The molecule has 0 unspecified atom stereocenters. The van der Waals surface area contributed by atoms with Crippen LogP contribution in [0.15, 0.2) is 24.3 Å². The lowest BCUT2D eigenvalue weighted by molar-refractivity contribution is -0.114. The van der Waals surface area contributed by atoms with E-state index in [2.05, 4.69) is 15.3 Å². The van der Waals surface area contributed by atoms with Crippen molar-refractivity contribution < 1.29 is 18.4 Å². The van der Waals surface area contributed by atoms with E-state index in [1.165, 1.54) is 0 Å². The molecule has 2 fully saturated rings. The van der Waals surface area contributed by atoms with Gasteiger partial charge in [0.2, 0.25) is 6.41 Å². The zero-order valence-electron chi connectivity index (χ0n) is 18.6. The monoisotopic (exact) mass is 445 g/mol. The lowest BCUT2D eigenvalue weighted by Crippen LogP contribution is -2.55. The van der Waals surface area contributed by atoms with E-state index in [1.54, 1.807) is 6.92 Å². The molecule has 2 aliphatic carbocycles. The molecule has 32 heavy (non-hydrogen) atoms. The average molecular weight is 446 g/mol. The molecule has 5 rings (SSSR count). The molecule has 1 aliphatic heterocycles. The molecule has 1 spiro atoms. The quantitative estimate of drug-likeness (QED) is 0.708. The van der Waals surface area contributed by atoms with E-state index in [0.717, 1.165) is 29.9 Å². The highest BCUT2D eigenvalue weighted by molar-refractivity contribution is 6.00. The number of amides is 2. The predicted octanol–water partition coefficient (Wildman–Crippen LogP) is 2.71. The van der Waals surface area contributed by atoms with Crippen molar-refractivity contribution in [2.75, 3.05) is 13.6 Å². The number of carbonyl (C=O) groups is 2. The van der Waals surface area contributed by atoms with Crippen LogP contribution in [0.3, 0.4) is 0 Å². The van der Waals surface area contributed by atoms with Gasteiger partial charge in [-0.05, 0) is 39.8 Å². The summed E-state index contributed by atoms with van der Waals surface area (Å²) in [5.74, 6) is -2.87. The standard InChI is InChI=1S/C15H18N4O.C8H11F2NO/c1-10-4-3-5-11(8-10)14-13(15(16)20)12-9-18(2)6-7-19(12)17-14;1-6(11-5-12)2-7(3-6)4-8(7,9)10/h3-5,8H,6-7,9H2,1-2H3,(H2,16,20);5H,2-4H2,1H3,(H,11,12). The summed E-state index contributed by atoms with van der Waals surface area (Å²) in [5.41, 5.74) is 8.73. The SMILES string of the molecule is CC1(NC=O)CC2(C1)CC2(F)F.Cc1cccc(-c2nn3c(c2C(N)=O)CN(C)CC3)c1. The van der Waals surface area contributed by atoms with Gasteiger partial charge in [-0.15, -0.1) is 0 Å². The van der Waals surface area contributed by atoms with Crippen LogP contribution in [0, 0.1) is 12.3 Å². The Morgan fingerprint density at radius 3 is 2.50 bits per heavy atom. The molecule has 1 aromatic carbocycles. The highest BCUT2D eigenvalue weighted by atomic mass is 19.3. The topological polar surface area (TPSA) is 93.2 Å². The van der Waals surface area contributed by atoms with Gasteiger partial charge in [0.05, 0.1) is 17.8 Å². The van der Waals surface area contributed by atoms with Crippen molar-refractivity contribution in [3.63, 3.8) is 0 Å². The molecule has 0 radical (unpaired) electrons. The smallest absolute Gasteiger partial charge is 0.254 e. The highest BCUT2D eigenvalue weighted by Gasteiger charge is 2.78. The number of fused-ring (bicyclic) bond motifs is 1. The van der Waals surface area contributed by atoms with Gasteiger partial charge < -0.3 is 11.1 Å². The van der Waals surface area contributed by atoms with Gasteiger partial charge in [0.1, 0.15) is 5.69 Å². The molecular formula is C23H29F2N5O2. The summed E-state index contributed by atoms with van der Waals surface area (Å²) in [6.07, 6.45) is 1.45. The van der Waals surface area contributed by atoms with Gasteiger partial charge >= 0.3 is 0 Å². The van der Waals surface area contributed by atoms with Crippen LogP contribution >= 0.6 is 0 Å². The molecule has 0 atom stereocenters. The van der Waals surface area contributed by atoms with Gasteiger partial charge in [0, 0.05) is 36.0 Å². The number of primary amides is 1. The first-order valence-electron chi connectivity index (χ1n) is 10.7. The Bertz CT molecular complexity index is 1060. The predicted molar refractivity (Wildman–Crippen MR) is 116 cm³/mol. The lowest BCUT2D eigenvalue weighted by Gasteiger charge is -2.45. The van der Waals surface area contributed by atoms with E-state index in [-0.39, 0.29) is 12.0 Å². The molecule has 2 aromatic rings. The molecule has 3 aliphatic rings. The largest absolute Gasteiger partial charge is 0.365 e. The average Bonchev–Trinajstić information content (AvgIpc) is 3.05. The molecule has 0 saturated heterocycles. The molecule has 9 heteroatoms. The number of hydrogen-bond acceptors (Lipinski definition) is 4. The molecule has 172 valence electrons. The Balaban J connectivity index is 0.000000174. The first kappa shape index (κ1) is 22.4. The number of nitrogens with one attached hydrogen (secondary N) is 1. The maximum atomic E-state index is 12.7. The molecule has 2 amide bonds. The summed E-state index contributed by atoms with van der Waals surface area (Å²) in [7, 11) is 2.04. The second-order valence-corrected chi connectivity index (χ2v) is 9.70. The van der Waals surface area contributed by atoms with Crippen LogP contribution in [-0.4, -0.2) is 52.1 Å². The van der Waals surface area contributed by atoms with Gasteiger partial charge in [-0.1, -0.05) is 23.8 Å². The van der Waals surface area contributed by atoms with Crippen LogP contribution < -0.4 is 11.1 Å². The number of nitrogens with two attached hydrogens (primary N) is 1. The molecule has 2 heterocycles. The number of hydrogen-bond donors (Lipinski definition) is 2. The van der Waals surface area contributed by atoms with Crippen molar-refractivity contribution >= 4 is 12.3 Å². The number of aromatic nitrogens is 2. The number of alkyl halides is 2. The Morgan fingerprint density at radius 2 is 1.94 bits per heavy atom. The third kappa shape index (κ3) is 3.90. The third-order valence-electron chi connectivity index (χ3n) is 6.78. The zero-order chi connectivity index (χ0) is 23.3. The van der Waals surface area contributed by atoms with Gasteiger partial charge in [-0.2, -0.15) is 5.10 Å². The van der Waals surface area contributed by atoms with Crippen molar-refractivity contribution in [3.05, 3.63) is 41.1 Å². The fourth-order valence-electron chi connectivity index (χ4n) is 5.15. The van der Waals surface area contributed by atoms with Gasteiger partial charge in [0.25, 0.3) is 11.8 Å². The van der Waals surface area contributed by atoms with Crippen molar-refractivity contribution in [2.45, 2.75) is 57.7 Å². The van der Waals surface area contributed by atoms with E-state index < -0.39 is 17.2 Å². The lowest BCUT2D eigenvalue weighted by atomic mass is 9.66. The minimum Gasteiger partial charge on any atom is -0.365 e. The summed E-state index contributed by atoms with van der Waals surface area (Å²) < 4.78 is 27.3. The van der Waals surface area contributed by atoms with Gasteiger partial charge in [-0.25, -0.2) is 8.78 Å². The van der Waals surface area contributed by atoms with Crippen LogP contribution in [0.25, 0.3) is 11.3 Å². The molecule has 7 nitrogen and oxygen atoms in total. The maximum absolute atomic E-state index is 12.7. The van der Waals surface area contributed by atoms with E-state index in [4.69, 9.17) is 5.73 Å². The van der Waals surface area contributed by atoms with Crippen molar-refractivity contribution in [2.24, 2.45) is 11.1 Å². The minimum atomic E-state index is -2.46. The number of halogens is 2. The number of rotatable bonds is 4. The first-order valence-corrected chi connectivity index (χ1v) is 10.7. The summed E-state index contributed by atoms with van der Waals surface area (Å²) in [4.78, 5) is 24.1. The number of nitrogens with zero attached hydrogens (tertiary/aromatic N) is 3. The van der Waals surface area contributed by atoms with E-state index in [1.807, 2.05) is 42.9 Å². The summed E-state index contributed by atoms with van der Waals surface area (Å²) in [5, 5.41) is 7.18. The van der Waals surface area contributed by atoms with Crippen LogP contribution in [0.2, 0.25) is 0 Å². The van der Waals surface area contributed by atoms with Gasteiger partial charge in [-0.3, -0.25) is 19.2 Å². The molecule has 3 N–H and O–H groups in total. The normalized spacial score (nSPS) is 27.5. The minimum absolute atomic E-state index is 0.0100. The van der Waals surface area contributed by atoms with Crippen molar-refractivity contribution in [3.8, 4) is 11.3 Å². The Hall–Kier alpha value is -2.81. The number of likely N-dealkylation sites (N-methyl/N-ethyl adjacent to an activating group) is 1. The van der Waals surface area contributed by atoms with Crippen LogP contribution in [-0.2, 0) is 17.9 Å². The van der Waals surface area contributed by atoms with Crippen LogP contribution in [0.5, 0.6) is 0 Å². The molecule has 2 saturated carbocycles. The van der Waals surface area contributed by atoms with Crippen molar-refractivity contribution in [1.82, 2.24) is 20.0 Å². The first-order chi connectivity index (χ1) is 15.0. The van der Waals surface area contributed by atoms with Gasteiger partial charge in [0.15, 0.2) is 0 Å². The number of aryl methyl sites for hydroxylation is 1. The third-order valence-corrected chi connectivity index (χ3v) is 6.78. The molecule has 1 aromatic heterocycles. The number of benzene rings is 1. The highest BCUT2D eigenvalue weighted by Crippen LogP contribution is 2.73. The van der Waals surface area contributed by atoms with Crippen LogP contribution in [0.4, 0.5) is 8.78 Å². The summed E-state index contributed by atoms with van der Waals surface area (Å²) in [6.45, 7) is 6.26. The van der Waals surface area contributed by atoms with Crippen molar-refractivity contribution in [1.29, 1.82) is 0 Å². The summed E-state index contributed by atoms with van der Waals surface area (Å²) in [6, 6.07) is 8.00. The molecular weight excluding hydrogens is 416 g/mol. The second kappa shape index (κ2) is 7.65. The Kier molecular flexibility index (Phi) is 5.35. The fraction of sp³-hybridized carbons (Fsp3) is 0.522. The van der Waals surface area contributed by atoms with E-state index >= 15 is 0 Å².